The maximum Gasteiger partial charge on any atom is 0.337 e. The Bertz CT molecular complexity index is 593. The first-order chi connectivity index (χ1) is 8.88. The Morgan fingerprint density at radius 1 is 1.32 bits per heavy atom. The second-order valence-electron chi connectivity index (χ2n) is 5.52. The number of carbonyl (C=O) groups is 1. The van der Waals surface area contributed by atoms with Gasteiger partial charge in [0.2, 0.25) is 0 Å². The van der Waals surface area contributed by atoms with E-state index >= 15 is 0 Å². The molecule has 0 spiro atoms. The number of nitrogens with zero attached hydrogens (tertiary/aromatic N) is 1. The van der Waals surface area contributed by atoms with Gasteiger partial charge < -0.3 is 14.4 Å². The van der Waals surface area contributed by atoms with Crippen molar-refractivity contribution in [1.82, 2.24) is 4.57 Å². The molecule has 2 aromatic rings. The van der Waals surface area contributed by atoms with Gasteiger partial charge in [-0.2, -0.15) is 0 Å². The Morgan fingerprint density at radius 3 is 2.68 bits per heavy atom. The van der Waals surface area contributed by atoms with Crippen molar-refractivity contribution in [3.63, 3.8) is 0 Å². The van der Waals surface area contributed by atoms with Gasteiger partial charge in [-0.15, -0.1) is 0 Å². The predicted molar refractivity (Wildman–Crippen MR) is 74.6 cm³/mol. The number of hydrogen-bond donors (Lipinski definition) is 1. The van der Waals surface area contributed by atoms with Crippen LogP contribution in [0.4, 0.5) is 0 Å². The predicted octanol–water partition coefficient (Wildman–Crippen LogP) is 3.15. The Labute approximate surface area is 112 Å². The summed E-state index contributed by atoms with van der Waals surface area (Å²) in [6.45, 7) is 7.21. The topological polar surface area (TPSA) is 51.5 Å². The molecule has 0 amide bonds. The zero-order valence-electron chi connectivity index (χ0n) is 11.5. The summed E-state index contributed by atoms with van der Waals surface area (Å²) in [6, 6.07) is 7.25. The first kappa shape index (κ1) is 13.6. The Balaban J connectivity index is 2.26. The van der Waals surface area contributed by atoms with Crippen molar-refractivity contribution in [3.05, 3.63) is 36.0 Å². The number of ether oxygens (including phenoxy) is 1. The minimum Gasteiger partial charge on any atom is -0.478 e. The fourth-order valence-electron chi connectivity index (χ4n) is 2.07. The third-order valence-corrected chi connectivity index (χ3v) is 2.89. The van der Waals surface area contributed by atoms with Gasteiger partial charge in [0, 0.05) is 18.1 Å². The van der Waals surface area contributed by atoms with Crippen LogP contribution in [-0.2, 0) is 11.3 Å². The van der Waals surface area contributed by atoms with E-state index in [0.717, 1.165) is 10.9 Å². The van der Waals surface area contributed by atoms with E-state index in [0.29, 0.717) is 18.7 Å². The molecule has 4 nitrogen and oxygen atoms in total. The lowest BCUT2D eigenvalue weighted by atomic mass is 10.1. The molecule has 0 saturated carbocycles. The standard InChI is InChI=1S/C15H19NO3/c1-15(2,3)19-10-9-16-8-7-11-5-4-6-12(13(11)16)14(17)18/h4-8H,9-10H2,1-3H3,(H,17,18). The summed E-state index contributed by atoms with van der Waals surface area (Å²) < 4.78 is 7.62. The molecule has 0 atom stereocenters. The molecule has 2 rings (SSSR count). The summed E-state index contributed by atoms with van der Waals surface area (Å²) in [4.78, 5) is 11.3. The van der Waals surface area contributed by atoms with Crippen molar-refractivity contribution < 1.29 is 14.6 Å². The van der Waals surface area contributed by atoms with E-state index in [1.807, 2.05) is 43.7 Å². The van der Waals surface area contributed by atoms with Crippen molar-refractivity contribution in [2.24, 2.45) is 0 Å². The van der Waals surface area contributed by atoms with E-state index in [1.165, 1.54) is 0 Å². The zero-order valence-corrected chi connectivity index (χ0v) is 11.5. The minimum atomic E-state index is -0.901. The number of carboxylic acid groups (broad SMARTS) is 1. The molecule has 0 unspecified atom stereocenters. The molecular formula is C15H19NO3. The summed E-state index contributed by atoms with van der Waals surface area (Å²) >= 11 is 0. The summed E-state index contributed by atoms with van der Waals surface area (Å²) in [5.74, 6) is -0.901. The third kappa shape index (κ3) is 3.15. The van der Waals surface area contributed by atoms with Gasteiger partial charge in [0.15, 0.2) is 0 Å². The van der Waals surface area contributed by atoms with Crippen LogP contribution in [-0.4, -0.2) is 27.9 Å². The molecule has 1 heterocycles. The molecule has 0 bridgehead atoms. The van der Waals surface area contributed by atoms with Crippen LogP contribution in [0.25, 0.3) is 10.9 Å². The molecule has 0 aliphatic heterocycles. The Kier molecular flexibility index (Phi) is 3.62. The highest BCUT2D eigenvalue weighted by molar-refractivity contribution is 6.02. The number of aromatic carboxylic acids is 1. The van der Waals surface area contributed by atoms with Crippen molar-refractivity contribution in [1.29, 1.82) is 0 Å². The SMILES string of the molecule is CC(C)(C)OCCn1ccc2cccc(C(=O)O)c21. The molecule has 19 heavy (non-hydrogen) atoms. The molecule has 1 aromatic heterocycles. The molecule has 1 N–H and O–H groups in total. The average Bonchev–Trinajstić information content (AvgIpc) is 2.70. The Morgan fingerprint density at radius 2 is 2.05 bits per heavy atom. The molecule has 0 aliphatic rings. The van der Waals surface area contributed by atoms with Gasteiger partial charge in [-0.05, 0) is 32.9 Å². The Hall–Kier alpha value is -1.81. The van der Waals surface area contributed by atoms with E-state index in [1.54, 1.807) is 12.1 Å². The van der Waals surface area contributed by atoms with Crippen molar-refractivity contribution in [3.8, 4) is 0 Å². The molecule has 0 radical (unpaired) electrons. The number of fused-ring (bicyclic) bond motifs is 1. The second-order valence-corrected chi connectivity index (χ2v) is 5.52. The first-order valence-electron chi connectivity index (χ1n) is 6.33. The highest BCUT2D eigenvalue weighted by Crippen LogP contribution is 2.20. The van der Waals surface area contributed by atoms with Crippen LogP contribution in [0.3, 0.4) is 0 Å². The highest BCUT2D eigenvalue weighted by Gasteiger charge is 2.13. The van der Waals surface area contributed by atoms with E-state index in [2.05, 4.69) is 0 Å². The molecule has 1 aromatic carbocycles. The fourth-order valence-corrected chi connectivity index (χ4v) is 2.07. The van der Waals surface area contributed by atoms with Gasteiger partial charge in [0.05, 0.1) is 23.3 Å². The first-order valence-corrected chi connectivity index (χ1v) is 6.33. The van der Waals surface area contributed by atoms with E-state index in [4.69, 9.17) is 4.74 Å². The van der Waals surface area contributed by atoms with Gasteiger partial charge in [0.1, 0.15) is 0 Å². The maximum absolute atomic E-state index is 11.3. The number of aromatic nitrogens is 1. The van der Waals surface area contributed by atoms with Crippen LogP contribution in [0.2, 0.25) is 0 Å². The van der Waals surface area contributed by atoms with Gasteiger partial charge >= 0.3 is 5.97 Å². The van der Waals surface area contributed by atoms with Crippen LogP contribution < -0.4 is 0 Å². The lowest BCUT2D eigenvalue weighted by molar-refractivity contribution is -0.00647. The summed E-state index contributed by atoms with van der Waals surface area (Å²) in [5.41, 5.74) is 0.907. The van der Waals surface area contributed by atoms with Crippen LogP contribution in [0, 0.1) is 0 Å². The second kappa shape index (κ2) is 5.05. The molecule has 0 aliphatic carbocycles. The van der Waals surface area contributed by atoms with Gasteiger partial charge in [0.25, 0.3) is 0 Å². The van der Waals surface area contributed by atoms with E-state index in [-0.39, 0.29) is 5.60 Å². The zero-order chi connectivity index (χ0) is 14.0. The third-order valence-electron chi connectivity index (χ3n) is 2.89. The lowest BCUT2D eigenvalue weighted by Crippen LogP contribution is -2.21. The van der Waals surface area contributed by atoms with Crippen LogP contribution in [0.15, 0.2) is 30.5 Å². The highest BCUT2D eigenvalue weighted by atomic mass is 16.5. The van der Waals surface area contributed by atoms with E-state index < -0.39 is 5.97 Å². The van der Waals surface area contributed by atoms with Gasteiger partial charge in [-0.3, -0.25) is 0 Å². The van der Waals surface area contributed by atoms with Gasteiger partial charge in [-0.1, -0.05) is 12.1 Å². The summed E-state index contributed by atoms with van der Waals surface area (Å²) in [5, 5.41) is 10.2. The summed E-state index contributed by atoms with van der Waals surface area (Å²) in [7, 11) is 0. The van der Waals surface area contributed by atoms with Crippen molar-refractivity contribution in [2.75, 3.05) is 6.61 Å². The van der Waals surface area contributed by atoms with Crippen LogP contribution in [0.1, 0.15) is 31.1 Å². The quantitative estimate of drug-likeness (QED) is 0.919. The molecule has 4 heteroatoms. The monoisotopic (exact) mass is 261 g/mol. The molecular weight excluding hydrogens is 242 g/mol. The normalized spacial score (nSPS) is 11.9. The van der Waals surface area contributed by atoms with Crippen molar-refractivity contribution in [2.45, 2.75) is 32.9 Å². The largest absolute Gasteiger partial charge is 0.478 e. The molecule has 0 fully saturated rings. The fraction of sp³-hybridized carbons (Fsp3) is 0.400. The smallest absolute Gasteiger partial charge is 0.337 e. The maximum atomic E-state index is 11.3. The van der Waals surface area contributed by atoms with Crippen molar-refractivity contribution >= 4 is 16.9 Å². The number of benzene rings is 1. The minimum absolute atomic E-state index is 0.182. The van der Waals surface area contributed by atoms with Crippen LogP contribution >= 0.6 is 0 Å². The average molecular weight is 261 g/mol. The lowest BCUT2D eigenvalue weighted by Gasteiger charge is -2.20. The molecule has 102 valence electrons. The summed E-state index contributed by atoms with van der Waals surface area (Å²) in [6.07, 6.45) is 1.91. The van der Waals surface area contributed by atoms with Gasteiger partial charge in [-0.25, -0.2) is 4.79 Å². The number of hydrogen-bond acceptors (Lipinski definition) is 2. The number of carboxylic acids is 1. The number of rotatable bonds is 4. The molecule has 0 saturated heterocycles. The van der Waals surface area contributed by atoms with E-state index in [9.17, 15) is 9.90 Å². The number of para-hydroxylation sites is 1. The van der Waals surface area contributed by atoms with Crippen LogP contribution in [0.5, 0.6) is 0 Å².